The number of rotatable bonds is 4. The molecule has 2 aliphatic rings. The molecule has 1 atom stereocenters. The van der Waals surface area contributed by atoms with E-state index in [1.807, 2.05) is 0 Å². The summed E-state index contributed by atoms with van der Waals surface area (Å²) in [6, 6.07) is 2.39. The molecule has 1 aliphatic heterocycles. The lowest BCUT2D eigenvalue weighted by Gasteiger charge is -2.09. The Bertz CT molecular complexity index is 410. The molecule has 1 saturated heterocycles. The highest BCUT2D eigenvalue weighted by Crippen LogP contribution is 2.38. The number of H-pyrrole nitrogens is 1. The van der Waals surface area contributed by atoms with E-state index in [1.54, 1.807) is 10.7 Å². The first-order valence-corrected chi connectivity index (χ1v) is 6.36. The van der Waals surface area contributed by atoms with Gasteiger partial charge in [-0.3, -0.25) is 14.6 Å². The second kappa shape index (κ2) is 4.09. The van der Waals surface area contributed by atoms with Gasteiger partial charge < -0.3 is 5.32 Å². The maximum Gasteiger partial charge on any atom is 0.266 e. The van der Waals surface area contributed by atoms with Gasteiger partial charge in [0.1, 0.15) is 0 Å². The number of nitrogens with zero attached hydrogens (tertiary/aromatic N) is 1. The molecule has 4 heteroatoms. The summed E-state index contributed by atoms with van der Waals surface area (Å²) < 4.78 is 1.77. The molecule has 0 amide bonds. The minimum absolute atomic E-state index is 0.139. The van der Waals surface area contributed by atoms with Crippen LogP contribution in [-0.4, -0.2) is 22.4 Å². The minimum Gasteiger partial charge on any atom is -0.314 e. The van der Waals surface area contributed by atoms with E-state index in [4.69, 9.17) is 0 Å². The van der Waals surface area contributed by atoms with Crippen molar-refractivity contribution in [2.45, 2.75) is 50.6 Å². The summed E-state index contributed by atoms with van der Waals surface area (Å²) in [5, 5.41) is 6.70. The quantitative estimate of drug-likeness (QED) is 0.802. The largest absolute Gasteiger partial charge is 0.314 e. The van der Waals surface area contributed by atoms with Gasteiger partial charge in [-0.1, -0.05) is 0 Å². The van der Waals surface area contributed by atoms with E-state index in [0.717, 1.165) is 25.2 Å². The molecule has 0 aromatic carbocycles. The Labute approximate surface area is 95.0 Å². The van der Waals surface area contributed by atoms with Crippen molar-refractivity contribution < 1.29 is 0 Å². The zero-order valence-electron chi connectivity index (χ0n) is 9.54. The summed E-state index contributed by atoms with van der Waals surface area (Å²) in [6.45, 7) is 1.96. The molecule has 1 aromatic rings. The predicted octanol–water partition coefficient (Wildman–Crippen LogP) is 1.20. The summed E-state index contributed by atoms with van der Waals surface area (Å²) in [4.78, 5) is 11.7. The van der Waals surface area contributed by atoms with E-state index in [9.17, 15) is 4.79 Å². The van der Waals surface area contributed by atoms with Crippen molar-refractivity contribution in [3.05, 3.63) is 22.1 Å². The van der Waals surface area contributed by atoms with Crippen LogP contribution in [0, 0.1) is 0 Å². The standard InChI is InChI=1S/C12H19N3O/c16-12-8-11(9-3-4-9)14-15(12)7-5-10-2-1-6-13-10/h8-10,13-14H,1-7H2. The van der Waals surface area contributed by atoms with Crippen molar-refractivity contribution in [2.24, 2.45) is 0 Å². The molecule has 1 saturated carbocycles. The fourth-order valence-corrected chi connectivity index (χ4v) is 2.51. The molecule has 4 nitrogen and oxygen atoms in total. The first-order valence-electron chi connectivity index (χ1n) is 6.36. The van der Waals surface area contributed by atoms with Gasteiger partial charge in [-0.25, -0.2) is 0 Å². The molecule has 2 N–H and O–H groups in total. The summed E-state index contributed by atoms with van der Waals surface area (Å²) in [7, 11) is 0. The smallest absolute Gasteiger partial charge is 0.266 e. The molecule has 1 aromatic heterocycles. The van der Waals surface area contributed by atoms with Crippen LogP contribution in [0.15, 0.2) is 10.9 Å². The number of aromatic nitrogens is 2. The molecule has 1 aliphatic carbocycles. The van der Waals surface area contributed by atoms with Crippen molar-refractivity contribution in [3.63, 3.8) is 0 Å². The first kappa shape index (κ1) is 10.1. The summed E-state index contributed by atoms with van der Waals surface area (Å²) in [5.41, 5.74) is 1.28. The molecular weight excluding hydrogens is 202 g/mol. The van der Waals surface area contributed by atoms with Gasteiger partial charge in [0.15, 0.2) is 0 Å². The zero-order valence-corrected chi connectivity index (χ0v) is 9.54. The molecule has 3 rings (SSSR count). The lowest BCUT2D eigenvalue weighted by Crippen LogP contribution is -2.25. The molecule has 0 bridgehead atoms. The van der Waals surface area contributed by atoms with Gasteiger partial charge in [0, 0.05) is 30.3 Å². The average molecular weight is 221 g/mol. The number of aromatic amines is 1. The van der Waals surface area contributed by atoms with Crippen LogP contribution in [0.25, 0.3) is 0 Å². The fraction of sp³-hybridized carbons (Fsp3) is 0.750. The molecule has 0 spiro atoms. The van der Waals surface area contributed by atoms with Crippen LogP contribution in [0.2, 0.25) is 0 Å². The third-order valence-electron chi connectivity index (χ3n) is 3.69. The second-order valence-corrected chi connectivity index (χ2v) is 5.06. The maximum atomic E-state index is 11.7. The van der Waals surface area contributed by atoms with Crippen molar-refractivity contribution in [3.8, 4) is 0 Å². The molecule has 1 unspecified atom stereocenters. The first-order chi connectivity index (χ1) is 7.83. The third-order valence-corrected chi connectivity index (χ3v) is 3.69. The molecule has 0 radical (unpaired) electrons. The normalized spacial score (nSPS) is 25.1. The summed E-state index contributed by atoms with van der Waals surface area (Å²) in [6.07, 6.45) is 6.07. The lowest BCUT2D eigenvalue weighted by atomic mass is 10.2. The zero-order chi connectivity index (χ0) is 11.0. The number of hydrogen-bond acceptors (Lipinski definition) is 2. The Balaban J connectivity index is 1.62. The number of aryl methyl sites for hydroxylation is 1. The van der Waals surface area contributed by atoms with Crippen LogP contribution in [0.3, 0.4) is 0 Å². The van der Waals surface area contributed by atoms with Crippen molar-refractivity contribution in [1.82, 2.24) is 15.1 Å². The number of hydrogen-bond donors (Lipinski definition) is 2. The molecule has 2 fully saturated rings. The van der Waals surface area contributed by atoms with Crippen LogP contribution in [0.1, 0.15) is 43.7 Å². The summed E-state index contributed by atoms with van der Waals surface area (Å²) in [5.74, 6) is 0.638. The van der Waals surface area contributed by atoms with Gasteiger partial charge in [-0.15, -0.1) is 0 Å². The monoisotopic (exact) mass is 221 g/mol. The maximum absolute atomic E-state index is 11.7. The van der Waals surface area contributed by atoms with Crippen molar-refractivity contribution in [2.75, 3.05) is 6.54 Å². The SMILES string of the molecule is O=c1cc(C2CC2)[nH]n1CCC1CCCN1. The Morgan fingerprint density at radius 1 is 1.38 bits per heavy atom. The van der Waals surface area contributed by atoms with Gasteiger partial charge in [-0.2, -0.15) is 0 Å². The van der Waals surface area contributed by atoms with Gasteiger partial charge >= 0.3 is 0 Å². The highest BCUT2D eigenvalue weighted by atomic mass is 16.1. The van der Waals surface area contributed by atoms with E-state index < -0.39 is 0 Å². The van der Waals surface area contributed by atoms with Crippen LogP contribution in [0.5, 0.6) is 0 Å². The highest BCUT2D eigenvalue weighted by Gasteiger charge is 2.26. The highest BCUT2D eigenvalue weighted by molar-refractivity contribution is 5.12. The summed E-state index contributed by atoms with van der Waals surface area (Å²) >= 11 is 0. The van der Waals surface area contributed by atoms with Crippen LogP contribution in [-0.2, 0) is 6.54 Å². The van der Waals surface area contributed by atoms with Gasteiger partial charge in [-0.05, 0) is 38.6 Å². The van der Waals surface area contributed by atoms with E-state index in [1.165, 1.54) is 25.7 Å². The van der Waals surface area contributed by atoms with Crippen molar-refractivity contribution >= 4 is 0 Å². The Morgan fingerprint density at radius 3 is 2.94 bits per heavy atom. The predicted molar refractivity (Wildman–Crippen MR) is 62.7 cm³/mol. The fourth-order valence-electron chi connectivity index (χ4n) is 2.51. The van der Waals surface area contributed by atoms with Crippen molar-refractivity contribution in [1.29, 1.82) is 0 Å². The number of nitrogens with one attached hydrogen (secondary N) is 2. The van der Waals surface area contributed by atoms with E-state index in [0.29, 0.717) is 12.0 Å². The minimum atomic E-state index is 0.139. The van der Waals surface area contributed by atoms with E-state index in [2.05, 4.69) is 10.4 Å². The van der Waals surface area contributed by atoms with Gasteiger partial charge in [0.05, 0.1) is 0 Å². The molecule has 2 heterocycles. The Hall–Kier alpha value is -1.03. The Morgan fingerprint density at radius 2 is 2.25 bits per heavy atom. The molecule has 16 heavy (non-hydrogen) atoms. The molecule has 88 valence electrons. The van der Waals surface area contributed by atoms with E-state index >= 15 is 0 Å². The van der Waals surface area contributed by atoms with Gasteiger partial charge in [0.2, 0.25) is 0 Å². The van der Waals surface area contributed by atoms with Crippen LogP contribution >= 0.6 is 0 Å². The second-order valence-electron chi connectivity index (χ2n) is 5.06. The van der Waals surface area contributed by atoms with Crippen LogP contribution < -0.4 is 10.9 Å². The molecular formula is C12H19N3O. The van der Waals surface area contributed by atoms with Crippen LogP contribution in [0.4, 0.5) is 0 Å². The van der Waals surface area contributed by atoms with Gasteiger partial charge in [0.25, 0.3) is 5.56 Å². The average Bonchev–Trinajstić information content (AvgIpc) is 2.86. The lowest BCUT2D eigenvalue weighted by molar-refractivity contribution is 0.472. The van der Waals surface area contributed by atoms with E-state index in [-0.39, 0.29) is 5.56 Å². The third kappa shape index (κ3) is 2.07. The topological polar surface area (TPSA) is 49.8 Å². The Kier molecular flexibility index (Phi) is 2.59.